The summed E-state index contributed by atoms with van der Waals surface area (Å²) in [6.45, 7) is 11.7. The molecule has 1 heteroatoms. The smallest absolute Gasteiger partial charge is 0.0305 e. The van der Waals surface area contributed by atoms with E-state index in [9.17, 15) is 0 Å². The first-order chi connectivity index (χ1) is 10.8. The topological polar surface area (TPSA) is 12.9 Å². The Morgan fingerprint density at radius 1 is 0.739 bits per heavy atom. The molecule has 1 heterocycles. The molecule has 1 aromatic rings. The Bertz CT molecular complexity index is 400. The Morgan fingerprint density at radius 2 is 1.26 bits per heavy atom. The van der Waals surface area contributed by atoms with Gasteiger partial charge in [-0.1, -0.05) is 92.1 Å². The molecule has 23 heavy (non-hydrogen) atoms. The highest BCUT2D eigenvalue weighted by molar-refractivity contribution is 5.19. The van der Waals surface area contributed by atoms with Crippen LogP contribution in [0.1, 0.15) is 104 Å². The van der Waals surface area contributed by atoms with Crippen molar-refractivity contribution in [2.24, 2.45) is 5.41 Å². The highest BCUT2D eigenvalue weighted by atomic mass is 14.6. The molecule has 0 fully saturated rings. The van der Waals surface area contributed by atoms with Crippen LogP contribution in [0.25, 0.3) is 0 Å². The summed E-state index contributed by atoms with van der Waals surface area (Å²) in [6.07, 6.45) is 17.8. The molecular weight excluding hydrogens is 278 g/mol. The maximum atomic E-state index is 4.26. The predicted octanol–water partition coefficient (Wildman–Crippen LogP) is 7.31. The van der Waals surface area contributed by atoms with Crippen LogP contribution in [0.4, 0.5) is 0 Å². The molecule has 0 radical (unpaired) electrons. The zero-order chi connectivity index (χ0) is 17.2. The summed E-state index contributed by atoms with van der Waals surface area (Å²) in [7, 11) is 0. The quantitative estimate of drug-likeness (QED) is 0.390. The number of aromatic nitrogens is 1. The average Bonchev–Trinajstić information content (AvgIpc) is 2.49. The molecule has 0 aromatic carbocycles. The predicted molar refractivity (Wildman–Crippen MR) is 103 cm³/mol. The van der Waals surface area contributed by atoms with Crippen LogP contribution in [0.2, 0.25) is 0 Å². The van der Waals surface area contributed by atoms with Gasteiger partial charge in [-0.05, 0) is 35.3 Å². The van der Waals surface area contributed by atoms with Gasteiger partial charge < -0.3 is 0 Å². The highest BCUT2D eigenvalue weighted by Crippen LogP contribution is 2.28. The molecule has 0 unspecified atom stereocenters. The lowest BCUT2D eigenvalue weighted by Gasteiger charge is -2.24. The monoisotopic (exact) mass is 317 g/mol. The molecule has 1 aromatic heterocycles. The standard InChI is InChI=1S/C22H39N/c1-21(2,3)16-12-10-8-6-7-9-11-13-17-22(4,5)20-15-14-18-23-19-20/h14-15,18-19H,6-13,16-17H2,1-5H3. The van der Waals surface area contributed by atoms with Crippen molar-refractivity contribution in [1.82, 2.24) is 4.98 Å². The summed E-state index contributed by atoms with van der Waals surface area (Å²) in [5, 5.41) is 0. The van der Waals surface area contributed by atoms with Crippen LogP contribution in [-0.4, -0.2) is 4.98 Å². The van der Waals surface area contributed by atoms with Crippen molar-refractivity contribution in [1.29, 1.82) is 0 Å². The second kappa shape index (κ2) is 10.1. The molecule has 0 aliphatic rings. The summed E-state index contributed by atoms with van der Waals surface area (Å²) in [5.41, 5.74) is 2.15. The van der Waals surface area contributed by atoms with E-state index < -0.39 is 0 Å². The van der Waals surface area contributed by atoms with Gasteiger partial charge in [0.1, 0.15) is 0 Å². The van der Waals surface area contributed by atoms with Crippen molar-refractivity contribution in [2.75, 3.05) is 0 Å². The Labute approximate surface area is 145 Å². The lowest BCUT2D eigenvalue weighted by atomic mass is 9.81. The van der Waals surface area contributed by atoms with Crippen molar-refractivity contribution >= 4 is 0 Å². The van der Waals surface area contributed by atoms with Crippen LogP contribution in [-0.2, 0) is 5.41 Å². The van der Waals surface area contributed by atoms with Gasteiger partial charge in [-0.15, -0.1) is 0 Å². The lowest BCUT2D eigenvalue weighted by molar-refractivity contribution is 0.356. The average molecular weight is 318 g/mol. The van der Waals surface area contributed by atoms with Crippen LogP contribution in [0.15, 0.2) is 24.5 Å². The van der Waals surface area contributed by atoms with E-state index in [2.05, 4.69) is 51.7 Å². The van der Waals surface area contributed by atoms with Gasteiger partial charge in [-0.2, -0.15) is 0 Å². The van der Waals surface area contributed by atoms with E-state index in [1.165, 1.54) is 69.8 Å². The minimum absolute atomic E-state index is 0.265. The zero-order valence-electron chi connectivity index (χ0n) is 16.3. The second-order valence-electron chi connectivity index (χ2n) is 9.01. The Balaban J connectivity index is 1.99. The van der Waals surface area contributed by atoms with E-state index in [0.29, 0.717) is 5.41 Å². The van der Waals surface area contributed by atoms with Gasteiger partial charge in [0, 0.05) is 12.4 Å². The maximum Gasteiger partial charge on any atom is 0.0305 e. The van der Waals surface area contributed by atoms with Crippen LogP contribution in [0, 0.1) is 5.41 Å². The first-order valence-electron chi connectivity index (χ1n) is 9.72. The second-order valence-corrected chi connectivity index (χ2v) is 9.01. The Morgan fingerprint density at radius 3 is 1.74 bits per heavy atom. The molecule has 0 aliphatic carbocycles. The largest absolute Gasteiger partial charge is 0.264 e. The SMILES string of the molecule is CC(C)(C)CCCCCCCCCCC(C)(C)c1cccnc1. The molecule has 0 saturated carbocycles. The van der Waals surface area contributed by atoms with Crippen LogP contribution in [0.5, 0.6) is 0 Å². The van der Waals surface area contributed by atoms with Crippen molar-refractivity contribution in [3.05, 3.63) is 30.1 Å². The number of rotatable bonds is 11. The van der Waals surface area contributed by atoms with Gasteiger partial charge in [0.25, 0.3) is 0 Å². The fourth-order valence-corrected chi connectivity index (χ4v) is 3.19. The van der Waals surface area contributed by atoms with Gasteiger partial charge >= 0.3 is 0 Å². The van der Waals surface area contributed by atoms with Gasteiger partial charge in [-0.25, -0.2) is 0 Å². The summed E-state index contributed by atoms with van der Waals surface area (Å²) in [4.78, 5) is 4.26. The third-order valence-corrected chi connectivity index (χ3v) is 4.92. The Kier molecular flexibility index (Phi) is 8.87. The summed E-state index contributed by atoms with van der Waals surface area (Å²) in [5.74, 6) is 0. The van der Waals surface area contributed by atoms with Crippen molar-refractivity contribution in [2.45, 2.75) is 104 Å². The van der Waals surface area contributed by atoms with E-state index in [4.69, 9.17) is 0 Å². The molecular formula is C22H39N. The van der Waals surface area contributed by atoms with Crippen LogP contribution in [0.3, 0.4) is 0 Å². The highest BCUT2D eigenvalue weighted by Gasteiger charge is 2.19. The lowest BCUT2D eigenvalue weighted by Crippen LogP contribution is -2.17. The molecule has 0 aliphatic heterocycles. The van der Waals surface area contributed by atoms with Crippen LogP contribution < -0.4 is 0 Å². The molecule has 1 nitrogen and oxygen atoms in total. The van der Waals surface area contributed by atoms with E-state index in [0.717, 1.165) is 0 Å². The third kappa shape index (κ3) is 9.79. The minimum atomic E-state index is 0.265. The molecule has 0 bridgehead atoms. The number of hydrogen-bond acceptors (Lipinski definition) is 1. The van der Waals surface area contributed by atoms with E-state index in [1.807, 2.05) is 12.4 Å². The molecule has 1 rings (SSSR count). The van der Waals surface area contributed by atoms with E-state index in [1.54, 1.807) is 0 Å². The van der Waals surface area contributed by atoms with Crippen molar-refractivity contribution in [3.63, 3.8) is 0 Å². The zero-order valence-corrected chi connectivity index (χ0v) is 16.3. The maximum absolute atomic E-state index is 4.26. The minimum Gasteiger partial charge on any atom is -0.264 e. The van der Waals surface area contributed by atoms with Crippen molar-refractivity contribution < 1.29 is 0 Å². The van der Waals surface area contributed by atoms with E-state index in [-0.39, 0.29) is 5.41 Å². The van der Waals surface area contributed by atoms with Gasteiger partial charge in [-0.3, -0.25) is 4.98 Å². The fourth-order valence-electron chi connectivity index (χ4n) is 3.19. The van der Waals surface area contributed by atoms with Gasteiger partial charge in [0.05, 0.1) is 0 Å². The summed E-state index contributed by atoms with van der Waals surface area (Å²) in [6, 6.07) is 4.27. The van der Waals surface area contributed by atoms with Crippen LogP contribution >= 0.6 is 0 Å². The normalized spacial score (nSPS) is 12.6. The van der Waals surface area contributed by atoms with E-state index >= 15 is 0 Å². The molecule has 0 spiro atoms. The molecule has 0 atom stereocenters. The fraction of sp³-hybridized carbons (Fsp3) is 0.773. The molecule has 0 amide bonds. The molecule has 132 valence electrons. The number of hydrogen-bond donors (Lipinski definition) is 0. The Hall–Kier alpha value is -0.850. The summed E-state index contributed by atoms with van der Waals surface area (Å²) >= 11 is 0. The first-order valence-corrected chi connectivity index (χ1v) is 9.72. The third-order valence-electron chi connectivity index (χ3n) is 4.92. The first kappa shape index (κ1) is 20.2. The van der Waals surface area contributed by atoms with Crippen molar-refractivity contribution in [3.8, 4) is 0 Å². The molecule has 0 saturated heterocycles. The molecule has 0 N–H and O–H groups in total. The number of nitrogens with zero attached hydrogens (tertiary/aromatic N) is 1. The number of unbranched alkanes of at least 4 members (excludes halogenated alkanes) is 7. The van der Waals surface area contributed by atoms with Gasteiger partial charge in [0.15, 0.2) is 0 Å². The summed E-state index contributed by atoms with van der Waals surface area (Å²) < 4.78 is 0. The van der Waals surface area contributed by atoms with Gasteiger partial charge in [0.2, 0.25) is 0 Å². The number of pyridine rings is 1.